The highest BCUT2D eigenvalue weighted by Crippen LogP contribution is 2.37. The highest BCUT2D eigenvalue weighted by molar-refractivity contribution is 8.15. The highest BCUT2D eigenvalue weighted by Gasteiger charge is 2.38. The Labute approximate surface area is 162 Å². The Morgan fingerprint density at radius 3 is 1.89 bits per heavy atom. The summed E-state index contributed by atoms with van der Waals surface area (Å²) in [4.78, 5) is 12.7. The van der Waals surface area contributed by atoms with Gasteiger partial charge in [0.15, 0.2) is 5.17 Å². The number of carbonyl (C=O) groups excluding carboxylic acids is 1. The summed E-state index contributed by atoms with van der Waals surface area (Å²) in [5.74, 6) is -0.0619. The molecule has 5 heteroatoms. The van der Waals surface area contributed by atoms with E-state index in [-0.39, 0.29) is 17.1 Å². The fourth-order valence-electron chi connectivity index (χ4n) is 3.14. The fraction of sp³-hybridized carbons (Fsp3) is 0.0909. The number of nitrogens with zero attached hydrogens (tertiary/aromatic N) is 1. The third-order valence-corrected chi connectivity index (χ3v) is 5.56. The second-order valence-electron chi connectivity index (χ2n) is 6.22. The Kier molecular flexibility index (Phi) is 5.21. The molecule has 1 saturated heterocycles. The van der Waals surface area contributed by atoms with E-state index in [4.69, 9.17) is 0 Å². The molecule has 1 unspecified atom stereocenters. The van der Waals surface area contributed by atoms with Gasteiger partial charge in [0.25, 0.3) is 0 Å². The first kappa shape index (κ1) is 17.4. The summed E-state index contributed by atoms with van der Waals surface area (Å²) in [6.45, 7) is 0. The van der Waals surface area contributed by atoms with E-state index in [0.717, 1.165) is 16.8 Å². The van der Waals surface area contributed by atoms with E-state index in [0.29, 0.717) is 5.17 Å². The van der Waals surface area contributed by atoms with Gasteiger partial charge in [-0.1, -0.05) is 90.6 Å². The smallest absolute Gasteiger partial charge is 0.240 e. The molecule has 1 amide bonds. The molecule has 0 spiro atoms. The van der Waals surface area contributed by atoms with Crippen LogP contribution < -0.4 is 10.7 Å². The first-order chi connectivity index (χ1) is 13.3. The number of hydrogen-bond donors (Lipinski definition) is 2. The van der Waals surface area contributed by atoms with Crippen LogP contribution in [-0.2, 0) is 4.79 Å². The summed E-state index contributed by atoms with van der Waals surface area (Å²) in [7, 11) is 0. The Hall–Kier alpha value is -3.05. The highest BCUT2D eigenvalue weighted by atomic mass is 32.2. The average Bonchev–Trinajstić information content (AvgIpc) is 3.09. The lowest BCUT2D eigenvalue weighted by molar-refractivity contribution is -0.119. The van der Waals surface area contributed by atoms with Gasteiger partial charge in [-0.15, -0.1) is 5.10 Å². The summed E-state index contributed by atoms with van der Waals surface area (Å²) in [5, 5.41) is 7.58. The normalized spacial score (nSPS) is 17.9. The Morgan fingerprint density at radius 1 is 0.815 bits per heavy atom. The second-order valence-corrected chi connectivity index (χ2v) is 7.35. The van der Waals surface area contributed by atoms with Crippen molar-refractivity contribution in [1.82, 2.24) is 5.32 Å². The van der Waals surface area contributed by atoms with Gasteiger partial charge in [-0.3, -0.25) is 10.2 Å². The number of thioether (sulfide) groups is 1. The molecule has 1 heterocycles. The molecular weight excluding hydrogens is 354 g/mol. The SMILES string of the molecule is O=C1NC(=NNc2ccccc2)SC1C(c1ccccc1)c1ccccc1. The predicted octanol–water partition coefficient (Wildman–Crippen LogP) is 4.43. The number of nitrogens with one attached hydrogen (secondary N) is 2. The van der Waals surface area contributed by atoms with Gasteiger partial charge in [0.2, 0.25) is 5.91 Å². The van der Waals surface area contributed by atoms with Crippen LogP contribution in [0, 0.1) is 0 Å². The van der Waals surface area contributed by atoms with Gasteiger partial charge in [-0.25, -0.2) is 0 Å². The zero-order valence-electron chi connectivity index (χ0n) is 14.6. The van der Waals surface area contributed by atoms with E-state index in [1.807, 2.05) is 66.7 Å². The molecule has 0 aromatic heterocycles. The van der Waals surface area contributed by atoms with Crippen LogP contribution in [0.4, 0.5) is 5.69 Å². The van der Waals surface area contributed by atoms with Crippen LogP contribution in [0.25, 0.3) is 0 Å². The molecule has 4 nitrogen and oxygen atoms in total. The summed E-state index contributed by atoms with van der Waals surface area (Å²) in [5.41, 5.74) is 6.12. The van der Waals surface area contributed by atoms with Gasteiger partial charge in [-0.05, 0) is 23.3 Å². The van der Waals surface area contributed by atoms with Gasteiger partial charge >= 0.3 is 0 Å². The zero-order chi connectivity index (χ0) is 18.5. The van der Waals surface area contributed by atoms with Crippen LogP contribution in [0.15, 0.2) is 96.1 Å². The number of anilines is 1. The number of amidine groups is 1. The van der Waals surface area contributed by atoms with Crippen molar-refractivity contribution in [3.63, 3.8) is 0 Å². The fourth-order valence-corrected chi connectivity index (χ4v) is 4.26. The third-order valence-electron chi connectivity index (χ3n) is 4.41. The van der Waals surface area contributed by atoms with Crippen molar-refractivity contribution in [2.75, 3.05) is 5.43 Å². The van der Waals surface area contributed by atoms with E-state index in [1.165, 1.54) is 11.8 Å². The van der Waals surface area contributed by atoms with Gasteiger partial charge in [0.1, 0.15) is 5.25 Å². The standard InChI is InChI=1S/C22H19N3OS/c26-21-20(27-22(23-21)25-24-18-14-8-3-9-15-18)19(16-10-4-1-5-11-16)17-12-6-2-7-13-17/h1-15,19-20,24H,(H,23,25,26). The predicted molar refractivity (Wildman–Crippen MR) is 112 cm³/mol. The molecule has 3 aromatic carbocycles. The lowest BCUT2D eigenvalue weighted by atomic mass is 9.88. The number of rotatable bonds is 5. The Morgan fingerprint density at radius 2 is 1.33 bits per heavy atom. The monoisotopic (exact) mass is 373 g/mol. The Bertz CT molecular complexity index is 890. The molecule has 0 bridgehead atoms. The lowest BCUT2D eigenvalue weighted by Crippen LogP contribution is -2.29. The third kappa shape index (κ3) is 4.04. The van der Waals surface area contributed by atoms with Gasteiger partial charge in [-0.2, -0.15) is 0 Å². The van der Waals surface area contributed by atoms with Crippen LogP contribution in [-0.4, -0.2) is 16.3 Å². The maximum absolute atomic E-state index is 12.7. The van der Waals surface area contributed by atoms with E-state index in [1.54, 1.807) is 0 Å². The maximum atomic E-state index is 12.7. The zero-order valence-corrected chi connectivity index (χ0v) is 15.4. The molecule has 3 aromatic rings. The Balaban J connectivity index is 1.60. The first-order valence-corrected chi connectivity index (χ1v) is 9.65. The van der Waals surface area contributed by atoms with Gasteiger partial charge in [0.05, 0.1) is 5.69 Å². The minimum atomic E-state index is -0.272. The van der Waals surface area contributed by atoms with E-state index >= 15 is 0 Å². The quantitative estimate of drug-likeness (QED) is 0.651. The maximum Gasteiger partial charge on any atom is 0.240 e. The lowest BCUT2D eigenvalue weighted by Gasteiger charge is -2.21. The van der Waals surface area contributed by atoms with Crippen molar-refractivity contribution >= 4 is 28.5 Å². The number of carbonyl (C=O) groups is 1. The van der Waals surface area contributed by atoms with Crippen LogP contribution in [0.3, 0.4) is 0 Å². The van der Waals surface area contributed by atoms with E-state index in [9.17, 15) is 4.79 Å². The van der Waals surface area contributed by atoms with Crippen LogP contribution >= 0.6 is 11.8 Å². The number of hydrogen-bond acceptors (Lipinski definition) is 4. The van der Waals surface area contributed by atoms with Crippen LogP contribution in [0.2, 0.25) is 0 Å². The molecule has 1 fully saturated rings. The molecule has 134 valence electrons. The molecule has 1 aliphatic rings. The molecule has 0 saturated carbocycles. The minimum absolute atomic E-state index is 0.0219. The molecule has 1 aliphatic heterocycles. The van der Waals surface area contributed by atoms with Gasteiger partial charge in [0, 0.05) is 5.92 Å². The summed E-state index contributed by atoms with van der Waals surface area (Å²) < 4.78 is 0. The summed E-state index contributed by atoms with van der Waals surface area (Å²) in [6, 6.07) is 30.0. The van der Waals surface area contributed by atoms with E-state index in [2.05, 4.69) is 40.1 Å². The largest absolute Gasteiger partial charge is 0.303 e. The van der Waals surface area contributed by atoms with Crippen molar-refractivity contribution in [2.45, 2.75) is 11.2 Å². The molecule has 2 N–H and O–H groups in total. The van der Waals surface area contributed by atoms with Crippen molar-refractivity contribution in [3.05, 3.63) is 102 Å². The van der Waals surface area contributed by atoms with Crippen LogP contribution in [0.1, 0.15) is 17.0 Å². The molecule has 4 rings (SSSR count). The second kappa shape index (κ2) is 8.10. The number of hydrazone groups is 1. The number of benzene rings is 3. The minimum Gasteiger partial charge on any atom is -0.303 e. The topological polar surface area (TPSA) is 53.5 Å². The van der Waals surface area contributed by atoms with Crippen molar-refractivity contribution in [1.29, 1.82) is 0 Å². The summed E-state index contributed by atoms with van der Waals surface area (Å²) in [6.07, 6.45) is 0. The van der Waals surface area contributed by atoms with Crippen LogP contribution in [0.5, 0.6) is 0 Å². The first-order valence-electron chi connectivity index (χ1n) is 8.77. The average molecular weight is 373 g/mol. The van der Waals surface area contributed by atoms with Crippen molar-refractivity contribution in [3.8, 4) is 0 Å². The number of para-hydroxylation sites is 1. The van der Waals surface area contributed by atoms with Gasteiger partial charge < -0.3 is 5.32 Å². The number of amides is 1. The molecule has 0 radical (unpaired) electrons. The van der Waals surface area contributed by atoms with Crippen molar-refractivity contribution in [2.24, 2.45) is 5.10 Å². The van der Waals surface area contributed by atoms with E-state index < -0.39 is 0 Å². The summed E-state index contributed by atoms with van der Waals surface area (Å²) >= 11 is 1.46. The molecular formula is C22H19N3OS. The van der Waals surface area contributed by atoms with Crippen molar-refractivity contribution < 1.29 is 4.79 Å². The molecule has 1 atom stereocenters. The molecule has 0 aliphatic carbocycles. The molecule has 27 heavy (non-hydrogen) atoms.